The molecule has 2 aromatic heterocycles. The second-order valence-corrected chi connectivity index (χ2v) is 12.1. The van der Waals surface area contributed by atoms with Crippen LogP contribution in [-0.4, -0.2) is 63.8 Å². The molecule has 3 atom stereocenters. The Morgan fingerprint density at radius 2 is 1.88 bits per heavy atom. The van der Waals surface area contributed by atoms with E-state index in [9.17, 15) is 19.2 Å². The summed E-state index contributed by atoms with van der Waals surface area (Å²) in [5.74, 6) is -1.17. The molecule has 1 aliphatic heterocycles. The van der Waals surface area contributed by atoms with E-state index in [1.54, 1.807) is 17.7 Å². The Morgan fingerprint density at radius 1 is 1.09 bits per heavy atom. The Kier molecular flexibility index (Phi) is 9.05. The van der Waals surface area contributed by atoms with Crippen LogP contribution in [0.25, 0.3) is 21.3 Å². The Bertz CT molecular complexity index is 1640. The number of amides is 3. The van der Waals surface area contributed by atoms with E-state index in [1.165, 1.54) is 11.3 Å². The first kappa shape index (κ1) is 30.1. The number of hydrogen-bond donors (Lipinski definition) is 3. The fraction of sp³-hybridized carbons (Fsp3) is 0.419. The number of carbonyl (C=O) groups is 4. The van der Waals surface area contributed by atoms with Crippen molar-refractivity contribution in [3.05, 3.63) is 53.3 Å². The number of ketones is 1. The first-order valence-electron chi connectivity index (χ1n) is 14.5. The number of aromatic nitrogens is 3. The van der Waals surface area contributed by atoms with Crippen molar-refractivity contribution in [2.75, 3.05) is 13.7 Å². The van der Waals surface area contributed by atoms with Gasteiger partial charge in [0.2, 0.25) is 17.6 Å². The number of nitrogens with one attached hydrogen (secondary N) is 3. The van der Waals surface area contributed by atoms with Gasteiger partial charge in [-0.05, 0) is 56.4 Å². The van der Waals surface area contributed by atoms with Gasteiger partial charge < -0.3 is 25.3 Å². The lowest BCUT2D eigenvalue weighted by Crippen LogP contribution is -2.53. The number of hydrogen-bond acceptors (Lipinski definition) is 8. The summed E-state index contributed by atoms with van der Waals surface area (Å²) >= 11 is 1.25. The molecule has 12 heteroatoms. The molecule has 2 aromatic carbocycles. The van der Waals surface area contributed by atoms with Crippen molar-refractivity contribution in [2.45, 2.75) is 58.7 Å². The fourth-order valence-electron chi connectivity index (χ4n) is 5.49. The maximum Gasteiger partial charge on any atom is 0.287 e. The van der Waals surface area contributed by atoms with E-state index in [1.807, 2.05) is 57.2 Å². The van der Waals surface area contributed by atoms with Crippen molar-refractivity contribution in [2.24, 2.45) is 11.8 Å². The number of Topliss-reactive ketones (excluding diaryl/α,β-unsaturated/α-hetero) is 1. The van der Waals surface area contributed by atoms with Crippen LogP contribution in [0.4, 0.5) is 0 Å². The summed E-state index contributed by atoms with van der Waals surface area (Å²) in [7, 11) is 1.55. The Labute approximate surface area is 253 Å². The molecule has 4 aromatic rings. The SMILES string of the molecule is CCn1c(C(=O)N[C@@H](CC(C)C)C(=O)N[C@@H](CC2CCNC2=O)C(=O)c2nc3ccccc3s2)nc2c(OC)cccc21. The highest BCUT2D eigenvalue weighted by Gasteiger charge is 2.35. The van der Waals surface area contributed by atoms with Gasteiger partial charge >= 0.3 is 0 Å². The first-order chi connectivity index (χ1) is 20.7. The van der Waals surface area contributed by atoms with Gasteiger partial charge in [0, 0.05) is 19.0 Å². The molecule has 0 spiro atoms. The van der Waals surface area contributed by atoms with Crippen molar-refractivity contribution in [1.29, 1.82) is 0 Å². The number of rotatable bonds is 12. The molecule has 1 fully saturated rings. The van der Waals surface area contributed by atoms with Gasteiger partial charge in [0.1, 0.15) is 17.3 Å². The minimum absolute atomic E-state index is 0.0557. The second-order valence-electron chi connectivity index (χ2n) is 11.1. The van der Waals surface area contributed by atoms with Gasteiger partial charge in [-0.2, -0.15) is 0 Å². The normalized spacial score (nSPS) is 16.3. The summed E-state index contributed by atoms with van der Waals surface area (Å²) in [6.07, 6.45) is 1.04. The minimum atomic E-state index is -0.988. The molecule has 0 saturated carbocycles. The molecule has 3 heterocycles. The van der Waals surface area contributed by atoms with E-state index in [2.05, 4.69) is 25.9 Å². The molecule has 1 aliphatic rings. The lowest BCUT2D eigenvalue weighted by Gasteiger charge is -2.24. The van der Waals surface area contributed by atoms with E-state index >= 15 is 0 Å². The fourth-order valence-corrected chi connectivity index (χ4v) is 6.45. The number of carbonyl (C=O) groups excluding carboxylic acids is 4. The topological polar surface area (TPSA) is 144 Å². The number of aryl methyl sites for hydroxylation is 1. The maximum absolute atomic E-state index is 13.8. The van der Waals surface area contributed by atoms with Gasteiger partial charge in [-0.3, -0.25) is 19.2 Å². The molecule has 1 saturated heterocycles. The monoisotopic (exact) mass is 604 g/mol. The smallest absolute Gasteiger partial charge is 0.287 e. The van der Waals surface area contributed by atoms with Crippen LogP contribution < -0.4 is 20.7 Å². The summed E-state index contributed by atoms with van der Waals surface area (Å²) < 4.78 is 8.07. The van der Waals surface area contributed by atoms with Crippen LogP contribution in [0.3, 0.4) is 0 Å². The number of methoxy groups -OCH3 is 1. The minimum Gasteiger partial charge on any atom is -0.494 e. The van der Waals surface area contributed by atoms with Crippen molar-refractivity contribution in [1.82, 2.24) is 30.5 Å². The molecule has 43 heavy (non-hydrogen) atoms. The van der Waals surface area contributed by atoms with Gasteiger partial charge in [0.15, 0.2) is 10.8 Å². The Hall–Kier alpha value is -4.32. The third-order valence-electron chi connectivity index (χ3n) is 7.63. The molecule has 226 valence electrons. The molecule has 3 N–H and O–H groups in total. The third-order valence-corrected chi connectivity index (χ3v) is 8.68. The molecular formula is C31H36N6O5S. The van der Waals surface area contributed by atoms with Crippen LogP contribution in [0.1, 0.15) is 60.5 Å². The summed E-state index contributed by atoms with van der Waals surface area (Å²) in [5, 5.41) is 8.81. The van der Waals surface area contributed by atoms with Gasteiger partial charge in [-0.1, -0.05) is 32.0 Å². The van der Waals surface area contributed by atoms with Crippen LogP contribution in [0.2, 0.25) is 0 Å². The highest BCUT2D eigenvalue weighted by Crippen LogP contribution is 2.27. The number of thiazole rings is 1. The van der Waals surface area contributed by atoms with Crippen molar-refractivity contribution >= 4 is 56.1 Å². The van der Waals surface area contributed by atoms with Crippen molar-refractivity contribution in [3.8, 4) is 5.75 Å². The van der Waals surface area contributed by atoms with E-state index in [0.717, 1.165) is 10.2 Å². The summed E-state index contributed by atoms with van der Waals surface area (Å²) in [4.78, 5) is 62.7. The molecular weight excluding hydrogens is 568 g/mol. The standard InChI is InChI=1S/C31H36N6O5S/c1-5-37-22-10-8-11-23(42-4)25(22)36-27(37)30(41)34-21(15-17(2)3)29(40)33-20(16-18-13-14-32-28(18)39)26(38)31-35-19-9-6-7-12-24(19)43-31/h6-12,17-18,20-21H,5,13-16H2,1-4H3,(H,32,39)(H,33,40)(H,34,41)/t18?,20-,21-/m0/s1. The number of benzene rings is 2. The van der Waals surface area contributed by atoms with Crippen LogP contribution in [0.5, 0.6) is 5.75 Å². The largest absolute Gasteiger partial charge is 0.494 e. The molecule has 0 aliphatic carbocycles. The predicted octanol–water partition coefficient (Wildman–Crippen LogP) is 3.71. The number of para-hydroxylation sites is 2. The molecule has 1 unspecified atom stereocenters. The van der Waals surface area contributed by atoms with Crippen LogP contribution in [0.15, 0.2) is 42.5 Å². The summed E-state index contributed by atoms with van der Waals surface area (Å²) in [6, 6.07) is 11.0. The van der Waals surface area contributed by atoms with Crippen LogP contribution >= 0.6 is 11.3 Å². The average molecular weight is 605 g/mol. The zero-order valence-electron chi connectivity index (χ0n) is 24.7. The second kappa shape index (κ2) is 12.9. The zero-order valence-corrected chi connectivity index (χ0v) is 25.5. The lowest BCUT2D eigenvalue weighted by molar-refractivity contribution is -0.125. The first-order valence-corrected chi connectivity index (χ1v) is 15.3. The highest BCUT2D eigenvalue weighted by atomic mass is 32.1. The average Bonchev–Trinajstić information content (AvgIpc) is 3.71. The summed E-state index contributed by atoms with van der Waals surface area (Å²) in [6.45, 7) is 6.81. The summed E-state index contributed by atoms with van der Waals surface area (Å²) in [5.41, 5.74) is 1.99. The van der Waals surface area contributed by atoms with Gasteiger partial charge in [0.05, 0.1) is 28.9 Å². The zero-order chi connectivity index (χ0) is 30.7. The number of fused-ring (bicyclic) bond motifs is 2. The Morgan fingerprint density at radius 3 is 2.56 bits per heavy atom. The number of nitrogens with zero attached hydrogens (tertiary/aromatic N) is 3. The van der Waals surface area contributed by atoms with E-state index < -0.39 is 29.8 Å². The van der Waals surface area contributed by atoms with Crippen LogP contribution in [-0.2, 0) is 16.1 Å². The maximum atomic E-state index is 13.8. The predicted molar refractivity (Wildman–Crippen MR) is 164 cm³/mol. The van der Waals surface area contributed by atoms with Gasteiger partial charge in [0.25, 0.3) is 5.91 Å². The van der Waals surface area contributed by atoms with Crippen LogP contribution in [0, 0.1) is 11.8 Å². The van der Waals surface area contributed by atoms with Gasteiger partial charge in [-0.25, -0.2) is 9.97 Å². The number of imidazole rings is 1. The third kappa shape index (κ3) is 6.38. The van der Waals surface area contributed by atoms with E-state index in [-0.39, 0.29) is 34.9 Å². The molecule has 0 bridgehead atoms. The van der Waals surface area contributed by atoms with E-state index in [4.69, 9.17) is 4.74 Å². The molecule has 0 radical (unpaired) electrons. The molecule has 3 amide bonds. The quantitative estimate of drug-likeness (QED) is 0.209. The van der Waals surface area contributed by atoms with E-state index in [0.29, 0.717) is 42.7 Å². The van der Waals surface area contributed by atoms with Crippen molar-refractivity contribution < 1.29 is 23.9 Å². The molecule has 11 nitrogen and oxygen atoms in total. The Balaban J connectivity index is 1.41. The number of ether oxygens (including phenoxy) is 1. The van der Waals surface area contributed by atoms with Gasteiger partial charge in [-0.15, -0.1) is 11.3 Å². The molecule has 5 rings (SSSR count). The van der Waals surface area contributed by atoms with Crippen molar-refractivity contribution in [3.63, 3.8) is 0 Å². The highest BCUT2D eigenvalue weighted by molar-refractivity contribution is 7.20. The lowest BCUT2D eigenvalue weighted by atomic mass is 9.95.